The van der Waals surface area contributed by atoms with Crippen molar-refractivity contribution in [3.63, 3.8) is 0 Å². The molecule has 2 heterocycles. The van der Waals surface area contributed by atoms with Crippen molar-refractivity contribution in [3.8, 4) is 5.82 Å². The van der Waals surface area contributed by atoms with E-state index < -0.39 is 4.92 Å². The maximum absolute atomic E-state index is 10.7. The van der Waals surface area contributed by atoms with Crippen LogP contribution in [-0.2, 0) is 0 Å². The monoisotopic (exact) mass is 282 g/mol. The first kappa shape index (κ1) is 13.2. The molecule has 6 heteroatoms. The highest BCUT2D eigenvalue weighted by molar-refractivity contribution is 5.79. The van der Waals surface area contributed by atoms with Gasteiger partial charge in [0.05, 0.1) is 16.0 Å². The second kappa shape index (κ2) is 4.66. The SMILES string of the molecule is Cc1cc2nc(C)n(-c3ccc([N+](=O)[O-])cn3)c2cc1C. The van der Waals surface area contributed by atoms with E-state index in [9.17, 15) is 10.1 Å². The molecule has 0 aliphatic rings. The first-order valence-corrected chi connectivity index (χ1v) is 6.54. The van der Waals surface area contributed by atoms with Crippen LogP contribution >= 0.6 is 0 Å². The molecule has 3 aromatic rings. The lowest BCUT2D eigenvalue weighted by Crippen LogP contribution is -2.00. The molecule has 0 spiro atoms. The van der Waals surface area contributed by atoms with Crippen molar-refractivity contribution in [2.24, 2.45) is 0 Å². The predicted octanol–water partition coefficient (Wildman–Crippen LogP) is 3.25. The molecule has 106 valence electrons. The summed E-state index contributed by atoms with van der Waals surface area (Å²) in [6, 6.07) is 7.20. The van der Waals surface area contributed by atoms with E-state index >= 15 is 0 Å². The minimum Gasteiger partial charge on any atom is -0.281 e. The fourth-order valence-corrected chi connectivity index (χ4v) is 2.36. The number of nitrogens with zero attached hydrogens (tertiary/aromatic N) is 4. The summed E-state index contributed by atoms with van der Waals surface area (Å²) >= 11 is 0. The summed E-state index contributed by atoms with van der Waals surface area (Å²) in [7, 11) is 0. The zero-order valence-corrected chi connectivity index (χ0v) is 12.0. The highest BCUT2D eigenvalue weighted by Crippen LogP contribution is 2.24. The molecule has 0 saturated carbocycles. The molecule has 0 radical (unpaired) electrons. The number of imidazole rings is 1. The van der Waals surface area contributed by atoms with Crippen molar-refractivity contribution in [3.05, 3.63) is 57.5 Å². The summed E-state index contributed by atoms with van der Waals surface area (Å²) in [6.45, 7) is 5.99. The topological polar surface area (TPSA) is 73.8 Å². The lowest BCUT2D eigenvalue weighted by molar-refractivity contribution is -0.385. The van der Waals surface area contributed by atoms with Gasteiger partial charge in [-0.2, -0.15) is 0 Å². The molecule has 2 aromatic heterocycles. The van der Waals surface area contributed by atoms with Crippen LogP contribution in [0.1, 0.15) is 17.0 Å². The number of fused-ring (bicyclic) bond motifs is 1. The van der Waals surface area contributed by atoms with Gasteiger partial charge in [-0.25, -0.2) is 9.97 Å². The van der Waals surface area contributed by atoms with Crippen molar-refractivity contribution in [2.45, 2.75) is 20.8 Å². The molecule has 0 unspecified atom stereocenters. The summed E-state index contributed by atoms with van der Waals surface area (Å²) in [5, 5.41) is 10.7. The summed E-state index contributed by atoms with van der Waals surface area (Å²) in [6.07, 6.45) is 1.27. The number of aryl methyl sites for hydroxylation is 3. The maximum Gasteiger partial charge on any atom is 0.287 e. The van der Waals surface area contributed by atoms with Crippen LogP contribution in [0.15, 0.2) is 30.5 Å². The normalized spacial score (nSPS) is 11.0. The summed E-state index contributed by atoms with van der Waals surface area (Å²) < 4.78 is 1.91. The van der Waals surface area contributed by atoms with Gasteiger partial charge in [0.25, 0.3) is 5.69 Å². The summed E-state index contributed by atoms with van der Waals surface area (Å²) in [5.41, 5.74) is 4.19. The van der Waals surface area contributed by atoms with E-state index in [4.69, 9.17) is 0 Å². The van der Waals surface area contributed by atoms with Crippen molar-refractivity contribution in [1.82, 2.24) is 14.5 Å². The molecule has 0 N–H and O–H groups in total. The van der Waals surface area contributed by atoms with Gasteiger partial charge in [0.15, 0.2) is 0 Å². The van der Waals surface area contributed by atoms with E-state index in [1.165, 1.54) is 23.4 Å². The van der Waals surface area contributed by atoms with Gasteiger partial charge in [-0.05, 0) is 50.1 Å². The molecular formula is C15H14N4O2. The van der Waals surface area contributed by atoms with Crippen molar-refractivity contribution in [1.29, 1.82) is 0 Å². The quantitative estimate of drug-likeness (QED) is 0.534. The lowest BCUT2D eigenvalue weighted by atomic mass is 10.1. The Kier molecular flexibility index (Phi) is 2.94. The molecule has 0 amide bonds. The Morgan fingerprint density at radius 1 is 1.14 bits per heavy atom. The zero-order chi connectivity index (χ0) is 15.1. The second-order valence-electron chi connectivity index (χ2n) is 5.05. The number of benzene rings is 1. The number of aromatic nitrogens is 3. The number of hydrogen-bond donors (Lipinski definition) is 0. The van der Waals surface area contributed by atoms with Crippen LogP contribution in [0.3, 0.4) is 0 Å². The van der Waals surface area contributed by atoms with Crippen LogP contribution in [0.4, 0.5) is 5.69 Å². The minimum absolute atomic E-state index is 0.0205. The molecule has 0 fully saturated rings. The molecule has 0 aliphatic carbocycles. The molecule has 0 aliphatic heterocycles. The Hall–Kier alpha value is -2.76. The highest BCUT2D eigenvalue weighted by atomic mass is 16.6. The third-order valence-electron chi connectivity index (χ3n) is 3.61. The molecule has 21 heavy (non-hydrogen) atoms. The number of nitro groups is 1. The lowest BCUT2D eigenvalue weighted by Gasteiger charge is -2.06. The average Bonchev–Trinajstić information content (AvgIpc) is 2.75. The fourth-order valence-electron chi connectivity index (χ4n) is 2.36. The highest BCUT2D eigenvalue weighted by Gasteiger charge is 2.13. The van der Waals surface area contributed by atoms with Crippen LogP contribution in [0.5, 0.6) is 0 Å². The third-order valence-corrected chi connectivity index (χ3v) is 3.61. The summed E-state index contributed by atoms with van der Waals surface area (Å²) in [4.78, 5) is 19.0. The number of hydrogen-bond acceptors (Lipinski definition) is 4. The van der Waals surface area contributed by atoms with Crippen molar-refractivity contribution < 1.29 is 4.92 Å². The molecule has 0 atom stereocenters. The van der Waals surface area contributed by atoms with Crippen LogP contribution in [0.25, 0.3) is 16.9 Å². The second-order valence-corrected chi connectivity index (χ2v) is 5.05. The van der Waals surface area contributed by atoms with E-state index in [-0.39, 0.29) is 5.69 Å². The Morgan fingerprint density at radius 2 is 1.86 bits per heavy atom. The molecule has 0 saturated heterocycles. The predicted molar refractivity (Wildman–Crippen MR) is 79.7 cm³/mol. The van der Waals surface area contributed by atoms with Gasteiger partial charge in [0, 0.05) is 6.07 Å². The Labute approximate surface area is 121 Å². The van der Waals surface area contributed by atoms with Crippen LogP contribution in [0.2, 0.25) is 0 Å². The van der Waals surface area contributed by atoms with E-state index in [0.717, 1.165) is 16.9 Å². The zero-order valence-electron chi connectivity index (χ0n) is 12.0. The number of rotatable bonds is 2. The smallest absolute Gasteiger partial charge is 0.281 e. The van der Waals surface area contributed by atoms with Crippen LogP contribution in [0, 0.1) is 30.9 Å². The standard InChI is InChI=1S/C15H14N4O2/c1-9-6-13-14(7-10(9)2)18(11(3)17-13)15-5-4-12(8-16-15)19(20)21/h4-8H,1-3H3. The molecule has 6 nitrogen and oxygen atoms in total. The van der Waals surface area contributed by atoms with Crippen LogP contribution < -0.4 is 0 Å². The first-order chi connectivity index (χ1) is 9.97. The van der Waals surface area contributed by atoms with Gasteiger partial charge >= 0.3 is 0 Å². The fraction of sp³-hybridized carbons (Fsp3) is 0.200. The van der Waals surface area contributed by atoms with Crippen molar-refractivity contribution in [2.75, 3.05) is 0 Å². The third kappa shape index (κ3) is 2.14. The van der Waals surface area contributed by atoms with Gasteiger partial charge in [0.1, 0.15) is 17.8 Å². The molecular weight excluding hydrogens is 268 g/mol. The van der Waals surface area contributed by atoms with Gasteiger partial charge in [-0.1, -0.05) is 0 Å². The van der Waals surface area contributed by atoms with Gasteiger partial charge in [-0.3, -0.25) is 14.7 Å². The van der Waals surface area contributed by atoms with E-state index in [2.05, 4.69) is 16.0 Å². The Bertz CT molecular complexity index is 850. The Balaban J connectivity index is 2.21. The molecule has 3 rings (SSSR count). The largest absolute Gasteiger partial charge is 0.287 e. The van der Waals surface area contributed by atoms with Crippen LogP contribution in [-0.4, -0.2) is 19.5 Å². The van der Waals surface area contributed by atoms with E-state index in [1.54, 1.807) is 6.07 Å². The van der Waals surface area contributed by atoms with Gasteiger partial charge in [-0.15, -0.1) is 0 Å². The Morgan fingerprint density at radius 3 is 2.48 bits per heavy atom. The number of pyridine rings is 1. The molecule has 0 bridgehead atoms. The average molecular weight is 282 g/mol. The van der Waals surface area contributed by atoms with E-state index in [0.29, 0.717) is 5.82 Å². The first-order valence-electron chi connectivity index (χ1n) is 6.54. The molecule has 1 aromatic carbocycles. The van der Waals surface area contributed by atoms with E-state index in [1.807, 2.05) is 31.4 Å². The minimum atomic E-state index is -0.455. The van der Waals surface area contributed by atoms with Crippen molar-refractivity contribution >= 4 is 16.7 Å². The van der Waals surface area contributed by atoms with Gasteiger partial charge in [0.2, 0.25) is 0 Å². The summed E-state index contributed by atoms with van der Waals surface area (Å²) in [5.74, 6) is 1.43. The maximum atomic E-state index is 10.7. The van der Waals surface area contributed by atoms with Gasteiger partial charge < -0.3 is 0 Å².